The zero-order valence-corrected chi connectivity index (χ0v) is 22.9. The topological polar surface area (TPSA) is 177 Å². The summed E-state index contributed by atoms with van der Waals surface area (Å²) in [5.41, 5.74) is -1.36. The van der Waals surface area contributed by atoms with Gasteiger partial charge in [-0.1, -0.05) is 70.6 Å². The molecule has 12 nitrogen and oxygen atoms in total. The fourth-order valence-corrected chi connectivity index (χ4v) is 5.18. The molecule has 1 aliphatic heterocycles. The number of unbranched alkanes of at least 4 members (excludes halogenated alkanes) is 12. The summed E-state index contributed by atoms with van der Waals surface area (Å²) in [7, 11) is -3.40. The number of aliphatic hydroxyl groups is 1. The molecule has 13 heteroatoms. The lowest BCUT2D eigenvalue weighted by molar-refractivity contribution is -0.137. The van der Waals surface area contributed by atoms with Gasteiger partial charge in [-0.3, -0.25) is 28.2 Å². The van der Waals surface area contributed by atoms with Crippen LogP contribution in [0.2, 0.25) is 0 Å². The van der Waals surface area contributed by atoms with Crippen LogP contribution in [-0.2, 0) is 23.4 Å². The molecule has 5 unspecified atom stereocenters. The largest absolute Gasteiger partial charge is 0.481 e. The maximum atomic E-state index is 12.2. The molecule has 1 saturated heterocycles. The van der Waals surface area contributed by atoms with Crippen LogP contribution in [0.1, 0.15) is 96.1 Å². The molecule has 5 atom stereocenters. The van der Waals surface area contributed by atoms with E-state index in [0.717, 1.165) is 55.6 Å². The number of aromatic amines is 1. The van der Waals surface area contributed by atoms with E-state index in [9.17, 15) is 28.9 Å². The van der Waals surface area contributed by atoms with Crippen molar-refractivity contribution in [1.82, 2.24) is 9.55 Å². The number of carboxylic acids is 1. The van der Waals surface area contributed by atoms with Crippen LogP contribution in [-0.4, -0.2) is 62.2 Å². The number of hydrogen-bond donors (Lipinski definition) is 4. The molecule has 4 N–H and O–H groups in total. The van der Waals surface area contributed by atoms with Crippen molar-refractivity contribution in [2.45, 2.75) is 114 Å². The minimum absolute atomic E-state index is 0.271. The lowest BCUT2D eigenvalue weighted by atomic mass is 10.0. The molecule has 1 aromatic heterocycles. The highest BCUT2D eigenvalue weighted by Gasteiger charge is 2.48. The van der Waals surface area contributed by atoms with Gasteiger partial charge in [-0.05, 0) is 12.8 Å². The standard InChI is InChI=1S/C25H43N2O10P/c28-18-19-22(23(37-38(33)34)24(36-19)27-16-15-20(29)26-25(27)32)35-17-13-11-9-7-5-3-1-2-4-6-8-10-12-14-21(30)31/h15-16,19,22-24,28,38H,1-14,17-18H2,(H,30,31)(H,33,34)(H,26,29,32). The quantitative estimate of drug-likeness (QED) is 0.129. The lowest BCUT2D eigenvalue weighted by Crippen LogP contribution is -2.40. The smallest absolute Gasteiger partial charge is 0.330 e. The minimum atomic E-state index is -3.40. The number of hydrogen-bond acceptors (Lipinski definition) is 8. The van der Waals surface area contributed by atoms with Crippen molar-refractivity contribution in [3.63, 3.8) is 0 Å². The van der Waals surface area contributed by atoms with E-state index in [1.54, 1.807) is 0 Å². The molecule has 1 fully saturated rings. The Morgan fingerprint density at radius 1 is 0.947 bits per heavy atom. The fourth-order valence-electron chi connectivity index (χ4n) is 4.69. The maximum Gasteiger partial charge on any atom is 0.330 e. The van der Waals surface area contributed by atoms with Crippen LogP contribution in [0, 0.1) is 0 Å². The summed E-state index contributed by atoms with van der Waals surface area (Å²) >= 11 is 0. The second-order valence-electron chi connectivity index (χ2n) is 9.69. The van der Waals surface area contributed by atoms with E-state index < -0.39 is 56.6 Å². The number of ether oxygens (including phenoxy) is 2. The van der Waals surface area contributed by atoms with E-state index in [4.69, 9.17) is 19.1 Å². The number of aliphatic hydroxyl groups excluding tert-OH is 1. The first-order valence-electron chi connectivity index (χ1n) is 13.6. The molecular weight excluding hydrogens is 519 g/mol. The van der Waals surface area contributed by atoms with E-state index in [-0.39, 0.29) is 6.42 Å². The van der Waals surface area contributed by atoms with Crippen LogP contribution < -0.4 is 11.2 Å². The predicted octanol–water partition coefficient (Wildman–Crippen LogP) is 3.12. The van der Waals surface area contributed by atoms with E-state index >= 15 is 0 Å². The fraction of sp³-hybridized carbons (Fsp3) is 0.800. The minimum Gasteiger partial charge on any atom is -0.481 e. The predicted molar refractivity (Wildman–Crippen MR) is 140 cm³/mol. The summed E-state index contributed by atoms with van der Waals surface area (Å²) in [6, 6.07) is 1.12. The van der Waals surface area contributed by atoms with Crippen molar-refractivity contribution >= 4 is 14.2 Å². The third kappa shape index (κ3) is 11.9. The molecule has 1 aliphatic rings. The molecule has 0 saturated carbocycles. The average Bonchev–Trinajstić information content (AvgIpc) is 3.19. The molecule has 2 rings (SSSR count). The number of nitrogens with zero attached hydrogens (tertiary/aromatic N) is 1. The van der Waals surface area contributed by atoms with Gasteiger partial charge in [0, 0.05) is 25.3 Å². The van der Waals surface area contributed by atoms with Crippen molar-refractivity contribution in [2.75, 3.05) is 13.2 Å². The van der Waals surface area contributed by atoms with Crippen molar-refractivity contribution in [1.29, 1.82) is 0 Å². The Hall–Kier alpha value is -1.82. The zero-order chi connectivity index (χ0) is 27.8. The van der Waals surface area contributed by atoms with E-state index in [0.29, 0.717) is 6.61 Å². The normalized spacial score (nSPS) is 22.1. The van der Waals surface area contributed by atoms with Crippen LogP contribution in [0.25, 0.3) is 0 Å². The van der Waals surface area contributed by atoms with Crippen LogP contribution in [0.5, 0.6) is 0 Å². The van der Waals surface area contributed by atoms with Gasteiger partial charge in [-0.2, -0.15) is 0 Å². The highest BCUT2D eigenvalue weighted by Crippen LogP contribution is 2.37. The number of rotatable bonds is 21. The Kier molecular flexibility index (Phi) is 15.7. The third-order valence-electron chi connectivity index (χ3n) is 6.67. The van der Waals surface area contributed by atoms with Gasteiger partial charge in [-0.25, -0.2) is 4.79 Å². The third-order valence-corrected chi connectivity index (χ3v) is 7.15. The van der Waals surface area contributed by atoms with E-state index in [1.165, 1.54) is 44.7 Å². The molecule has 0 spiro atoms. The molecule has 0 radical (unpaired) electrons. The molecule has 0 aliphatic carbocycles. The second kappa shape index (κ2) is 18.5. The Balaban J connectivity index is 1.62. The van der Waals surface area contributed by atoms with Gasteiger partial charge in [0.05, 0.1) is 6.61 Å². The monoisotopic (exact) mass is 562 g/mol. The van der Waals surface area contributed by atoms with Gasteiger partial charge >= 0.3 is 19.9 Å². The molecule has 0 aromatic carbocycles. The van der Waals surface area contributed by atoms with Crippen molar-refractivity contribution in [3.05, 3.63) is 33.1 Å². The van der Waals surface area contributed by atoms with Crippen LogP contribution >= 0.6 is 8.25 Å². The molecule has 218 valence electrons. The van der Waals surface area contributed by atoms with Crippen LogP contribution in [0.3, 0.4) is 0 Å². The Morgan fingerprint density at radius 3 is 2.00 bits per heavy atom. The Labute approximate surface area is 223 Å². The summed E-state index contributed by atoms with van der Waals surface area (Å²) in [5, 5.41) is 18.4. The zero-order valence-electron chi connectivity index (χ0n) is 21.9. The van der Waals surface area contributed by atoms with Gasteiger partial charge in [-0.15, -0.1) is 0 Å². The number of carbonyl (C=O) groups is 1. The second-order valence-corrected chi connectivity index (χ2v) is 10.5. The summed E-state index contributed by atoms with van der Waals surface area (Å²) in [6.07, 6.45) is 11.5. The number of nitrogens with one attached hydrogen (secondary N) is 1. The first-order chi connectivity index (χ1) is 18.3. The molecular formula is C25H43N2O10P. The van der Waals surface area contributed by atoms with Gasteiger partial charge in [0.15, 0.2) is 6.23 Å². The number of H-pyrrole nitrogens is 1. The molecule has 0 amide bonds. The number of aliphatic carboxylic acids is 1. The summed E-state index contributed by atoms with van der Waals surface area (Å²) < 4.78 is 29.3. The summed E-state index contributed by atoms with van der Waals surface area (Å²) in [5.74, 6) is -0.714. The average molecular weight is 563 g/mol. The Morgan fingerprint density at radius 2 is 1.50 bits per heavy atom. The number of carboxylic acid groups (broad SMARTS) is 1. The lowest BCUT2D eigenvalue weighted by Gasteiger charge is -2.23. The molecule has 1 aromatic rings. The van der Waals surface area contributed by atoms with Gasteiger partial charge in [0.2, 0.25) is 0 Å². The van der Waals surface area contributed by atoms with Crippen molar-refractivity contribution in [3.8, 4) is 0 Å². The molecule has 0 bridgehead atoms. The van der Waals surface area contributed by atoms with Gasteiger partial charge in [0.1, 0.15) is 18.3 Å². The van der Waals surface area contributed by atoms with Crippen molar-refractivity contribution in [2.24, 2.45) is 0 Å². The highest BCUT2D eigenvalue weighted by molar-refractivity contribution is 7.32. The Bertz CT molecular complexity index is 953. The summed E-state index contributed by atoms with van der Waals surface area (Å²) in [4.78, 5) is 45.5. The molecule has 2 heterocycles. The van der Waals surface area contributed by atoms with E-state index in [2.05, 4.69) is 4.98 Å². The summed E-state index contributed by atoms with van der Waals surface area (Å²) in [6.45, 7) is -0.0906. The van der Waals surface area contributed by atoms with Gasteiger partial charge in [0.25, 0.3) is 5.56 Å². The van der Waals surface area contributed by atoms with E-state index in [1.807, 2.05) is 0 Å². The highest BCUT2D eigenvalue weighted by atomic mass is 31.1. The first-order valence-corrected chi connectivity index (χ1v) is 14.9. The molecule has 38 heavy (non-hydrogen) atoms. The van der Waals surface area contributed by atoms with Crippen LogP contribution in [0.15, 0.2) is 21.9 Å². The SMILES string of the molecule is O=C(O)CCCCCCCCCCCCCCCOC1C(CO)OC(n2ccc(=O)[nH]c2=O)C1O[PH](=O)O. The van der Waals surface area contributed by atoms with Crippen molar-refractivity contribution < 1.29 is 38.5 Å². The van der Waals surface area contributed by atoms with Crippen LogP contribution in [0.4, 0.5) is 0 Å². The number of aromatic nitrogens is 2. The maximum absolute atomic E-state index is 12.2. The first kappa shape index (κ1) is 32.4. The van der Waals surface area contributed by atoms with Gasteiger partial charge < -0.3 is 24.6 Å².